The van der Waals surface area contributed by atoms with Gasteiger partial charge < -0.3 is 14.4 Å². The molecule has 0 unspecified atom stereocenters. The van der Waals surface area contributed by atoms with E-state index < -0.39 is 11.7 Å². The lowest BCUT2D eigenvalue weighted by molar-refractivity contribution is 0.0641. The van der Waals surface area contributed by atoms with Gasteiger partial charge in [0.1, 0.15) is 5.82 Å². The molecule has 3 aliphatic heterocycles. The third-order valence-electron chi connectivity index (χ3n) is 6.91. The SMILES string of the molecule is O=C1c2cccc(N3CCN(Cc4cc5c(cc4Cl)OCO5)CC3)c2C(=O)N1Cc1ccccc1F. The van der Waals surface area contributed by atoms with E-state index in [1.807, 2.05) is 12.1 Å². The van der Waals surface area contributed by atoms with E-state index >= 15 is 0 Å². The number of rotatable bonds is 5. The highest BCUT2D eigenvalue weighted by molar-refractivity contribution is 6.31. The summed E-state index contributed by atoms with van der Waals surface area (Å²) in [7, 11) is 0. The van der Waals surface area contributed by atoms with E-state index in [4.69, 9.17) is 21.1 Å². The summed E-state index contributed by atoms with van der Waals surface area (Å²) in [6.07, 6.45) is 0. The maximum Gasteiger partial charge on any atom is 0.263 e. The summed E-state index contributed by atoms with van der Waals surface area (Å²) in [5.74, 6) is 0.151. The van der Waals surface area contributed by atoms with Crippen LogP contribution in [0.1, 0.15) is 31.8 Å². The van der Waals surface area contributed by atoms with Gasteiger partial charge in [0.25, 0.3) is 11.8 Å². The van der Waals surface area contributed by atoms with Crippen LogP contribution in [0.3, 0.4) is 0 Å². The molecule has 0 saturated carbocycles. The molecule has 36 heavy (non-hydrogen) atoms. The zero-order chi connectivity index (χ0) is 24.8. The van der Waals surface area contributed by atoms with Gasteiger partial charge in [-0.05, 0) is 29.8 Å². The predicted octanol–water partition coefficient (Wildman–Crippen LogP) is 4.33. The van der Waals surface area contributed by atoms with Crippen molar-refractivity contribution in [2.24, 2.45) is 0 Å². The minimum Gasteiger partial charge on any atom is -0.454 e. The molecule has 7 nitrogen and oxygen atoms in total. The van der Waals surface area contributed by atoms with E-state index in [-0.39, 0.29) is 19.2 Å². The second-order valence-electron chi connectivity index (χ2n) is 9.05. The standard InChI is InChI=1S/C27H23ClFN3O4/c28-20-13-24-23(35-16-36-24)12-18(20)14-30-8-10-31(11-9-30)22-7-3-5-19-25(22)27(34)32(26(19)33)15-17-4-1-2-6-21(17)29/h1-7,12-13H,8-11,14-16H2. The van der Waals surface area contributed by atoms with Crippen LogP contribution in [0, 0.1) is 5.82 Å². The molecule has 0 N–H and O–H groups in total. The van der Waals surface area contributed by atoms with E-state index in [0.29, 0.717) is 52.8 Å². The topological polar surface area (TPSA) is 62.3 Å². The van der Waals surface area contributed by atoms with Gasteiger partial charge in [0.2, 0.25) is 6.79 Å². The molecule has 3 heterocycles. The smallest absolute Gasteiger partial charge is 0.263 e. The molecule has 9 heteroatoms. The average molecular weight is 508 g/mol. The van der Waals surface area contributed by atoms with Crippen LogP contribution in [0.5, 0.6) is 11.5 Å². The number of carbonyl (C=O) groups is 2. The van der Waals surface area contributed by atoms with Crippen molar-refractivity contribution in [3.63, 3.8) is 0 Å². The molecule has 0 spiro atoms. The quantitative estimate of drug-likeness (QED) is 0.479. The third-order valence-corrected chi connectivity index (χ3v) is 7.26. The van der Waals surface area contributed by atoms with Gasteiger partial charge in [-0.3, -0.25) is 19.4 Å². The van der Waals surface area contributed by atoms with Crippen molar-refractivity contribution < 1.29 is 23.5 Å². The molecule has 184 valence electrons. The van der Waals surface area contributed by atoms with E-state index in [2.05, 4.69) is 9.80 Å². The first-order chi connectivity index (χ1) is 17.5. The van der Waals surface area contributed by atoms with Crippen molar-refractivity contribution >= 4 is 29.1 Å². The van der Waals surface area contributed by atoms with Crippen LogP contribution in [0.2, 0.25) is 5.02 Å². The van der Waals surface area contributed by atoms with E-state index in [9.17, 15) is 14.0 Å². The maximum absolute atomic E-state index is 14.2. The van der Waals surface area contributed by atoms with Gasteiger partial charge >= 0.3 is 0 Å². The first-order valence-electron chi connectivity index (χ1n) is 11.8. The summed E-state index contributed by atoms with van der Waals surface area (Å²) >= 11 is 6.46. The number of halogens is 2. The van der Waals surface area contributed by atoms with Gasteiger partial charge in [-0.1, -0.05) is 35.9 Å². The predicted molar refractivity (Wildman–Crippen MR) is 132 cm³/mol. The number of anilines is 1. The number of piperazine rings is 1. The van der Waals surface area contributed by atoms with Crippen LogP contribution < -0.4 is 14.4 Å². The van der Waals surface area contributed by atoms with Crippen LogP contribution >= 0.6 is 11.6 Å². The average Bonchev–Trinajstić information content (AvgIpc) is 3.43. The summed E-state index contributed by atoms with van der Waals surface area (Å²) in [6.45, 7) is 3.67. The number of benzene rings is 3. The van der Waals surface area contributed by atoms with Gasteiger partial charge in [-0.2, -0.15) is 0 Å². The monoisotopic (exact) mass is 507 g/mol. The lowest BCUT2D eigenvalue weighted by Crippen LogP contribution is -2.46. The Kier molecular flexibility index (Phi) is 5.78. The summed E-state index contributed by atoms with van der Waals surface area (Å²) in [6, 6.07) is 15.2. The first-order valence-corrected chi connectivity index (χ1v) is 12.2. The molecule has 1 fully saturated rings. The Balaban J connectivity index is 1.17. The molecule has 6 rings (SSSR count). The minimum absolute atomic E-state index is 0.0947. The summed E-state index contributed by atoms with van der Waals surface area (Å²) in [4.78, 5) is 31.9. The van der Waals surface area contributed by atoms with Crippen LogP contribution in [0.25, 0.3) is 0 Å². The molecular weight excluding hydrogens is 485 g/mol. The Labute approximate surface area is 212 Å². The molecule has 0 aliphatic carbocycles. The Morgan fingerprint density at radius 3 is 2.36 bits per heavy atom. The molecule has 0 aromatic heterocycles. The van der Waals surface area contributed by atoms with Crippen molar-refractivity contribution in [2.75, 3.05) is 37.9 Å². The van der Waals surface area contributed by atoms with E-state index in [0.717, 1.165) is 29.2 Å². The second kappa shape index (κ2) is 9.11. The third kappa shape index (κ3) is 3.96. The van der Waals surface area contributed by atoms with Gasteiger partial charge in [0.15, 0.2) is 11.5 Å². The van der Waals surface area contributed by atoms with Crippen LogP contribution in [0.15, 0.2) is 54.6 Å². The normalized spacial score (nSPS) is 17.2. The molecule has 0 bridgehead atoms. The molecule has 3 aliphatic rings. The van der Waals surface area contributed by atoms with Crippen molar-refractivity contribution in [3.05, 3.63) is 87.7 Å². The lowest BCUT2D eigenvalue weighted by Gasteiger charge is -2.36. The van der Waals surface area contributed by atoms with Gasteiger partial charge in [0.05, 0.1) is 23.4 Å². The minimum atomic E-state index is -0.437. The Hall–Kier alpha value is -3.62. The zero-order valence-electron chi connectivity index (χ0n) is 19.4. The molecule has 3 aromatic carbocycles. The van der Waals surface area contributed by atoms with Gasteiger partial charge in [0, 0.05) is 49.4 Å². The molecule has 3 aromatic rings. The molecule has 0 radical (unpaired) electrons. The highest BCUT2D eigenvalue weighted by atomic mass is 35.5. The summed E-state index contributed by atoms with van der Waals surface area (Å²) < 4.78 is 25.1. The van der Waals surface area contributed by atoms with Gasteiger partial charge in [-0.25, -0.2) is 4.39 Å². The molecule has 0 atom stereocenters. The van der Waals surface area contributed by atoms with Crippen molar-refractivity contribution in [3.8, 4) is 11.5 Å². The van der Waals surface area contributed by atoms with E-state index in [1.54, 1.807) is 36.4 Å². The number of nitrogens with zero attached hydrogens (tertiary/aromatic N) is 3. The largest absolute Gasteiger partial charge is 0.454 e. The first kappa shape index (κ1) is 22.8. The molecular formula is C27H23ClFN3O4. The van der Waals surface area contributed by atoms with Crippen LogP contribution in [0.4, 0.5) is 10.1 Å². The maximum atomic E-state index is 14.2. The molecule has 2 amide bonds. The Bertz CT molecular complexity index is 1370. The van der Waals surface area contributed by atoms with Crippen molar-refractivity contribution in [2.45, 2.75) is 13.1 Å². The zero-order valence-corrected chi connectivity index (χ0v) is 20.1. The number of amides is 2. The molecule has 1 saturated heterocycles. The highest BCUT2D eigenvalue weighted by Gasteiger charge is 2.39. The fraction of sp³-hybridized carbons (Fsp3) is 0.259. The number of fused-ring (bicyclic) bond motifs is 2. The highest BCUT2D eigenvalue weighted by Crippen LogP contribution is 2.38. The number of carbonyl (C=O) groups excluding carboxylic acids is 2. The van der Waals surface area contributed by atoms with Crippen molar-refractivity contribution in [1.82, 2.24) is 9.80 Å². The van der Waals surface area contributed by atoms with E-state index in [1.165, 1.54) is 6.07 Å². The lowest BCUT2D eigenvalue weighted by atomic mass is 10.1. The number of imide groups is 1. The van der Waals surface area contributed by atoms with Crippen molar-refractivity contribution in [1.29, 1.82) is 0 Å². The van der Waals surface area contributed by atoms with Crippen LogP contribution in [-0.4, -0.2) is 54.6 Å². The Morgan fingerprint density at radius 1 is 0.833 bits per heavy atom. The number of hydrogen-bond donors (Lipinski definition) is 0. The second-order valence-corrected chi connectivity index (χ2v) is 9.45. The van der Waals surface area contributed by atoms with Crippen LogP contribution in [-0.2, 0) is 13.1 Å². The summed E-state index contributed by atoms with van der Waals surface area (Å²) in [5, 5.41) is 0.640. The number of hydrogen-bond acceptors (Lipinski definition) is 6. The fourth-order valence-electron chi connectivity index (χ4n) is 4.99. The number of ether oxygens (including phenoxy) is 2. The fourth-order valence-corrected chi connectivity index (χ4v) is 5.20. The van der Waals surface area contributed by atoms with Gasteiger partial charge in [-0.15, -0.1) is 0 Å². The Morgan fingerprint density at radius 2 is 1.58 bits per heavy atom. The summed E-state index contributed by atoms with van der Waals surface area (Å²) in [5.41, 5.74) is 2.78.